The molecular formula is C29H42O3. The monoisotopic (exact) mass is 438 g/mol. The van der Waals surface area contributed by atoms with Crippen LogP contribution in [0.2, 0.25) is 0 Å². The van der Waals surface area contributed by atoms with Crippen molar-refractivity contribution in [3.05, 3.63) is 53.6 Å². The fourth-order valence-electron chi connectivity index (χ4n) is 4.29. The highest BCUT2D eigenvalue weighted by molar-refractivity contribution is 5.96. The van der Waals surface area contributed by atoms with Crippen LogP contribution in [-0.2, 0) is 0 Å². The molecule has 0 bridgehead atoms. The number of hydrogen-bond donors (Lipinski definition) is 1. The van der Waals surface area contributed by atoms with Crippen LogP contribution in [0.15, 0.2) is 42.5 Å². The summed E-state index contributed by atoms with van der Waals surface area (Å²) in [6.07, 6.45) is 13.5. The van der Waals surface area contributed by atoms with Gasteiger partial charge in [0.2, 0.25) is 0 Å². The van der Waals surface area contributed by atoms with Gasteiger partial charge in [0.15, 0.2) is 0 Å². The van der Waals surface area contributed by atoms with Gasteiger partial charge >= 0.3 is 5.97 Å². The van der Waals surface area contributed by atoms with Gasteiger partial charge in [-0.3, -0.25) is 0 Å². The maximum atomic E-state index is 11.8. The third-order valence-electron chi connectivity index (χ3n) is 6.26. The van der Waals surface area contributed by atoms with Crippen LogP contribution in [0.25, 0.3) is 11.1 Å². The molecule has 0 heterocycles. The van der Waals surface area contributed by atoms with Crippen molar-refractivity contribution in [3.63, 3.8) is 0 Å². The van der Waals surface area contributed by atoms with E-state index in [1.165, 1.54) is 63.4 Å². The summed E-state index contributed by atoms with van der Waals surface area (Å²) < 4.78 is 6.10. The normalized spacial score (nSPS) is 12.0. The van der Waals surface area contributed by atoms with Crippen LogP contribution >= 0.6 is 0 Å². The predicted octanol–water partition coefficient (Wildman–Crippen LogP) is 8.87. The van der Waals surface area contributed by atoms with E-state index in [9.17, 15) is 9.90 Å². The minimum Gasteiger partial charge on any atom is -0.494 e. The van der Waals surface area contributed by atoms with Crippen molar-refractivity contribution in [2.45, 2.75) is 97.3 Å². The van der Waals surface area contributed by atoms with E-state index in [0.717, 1.165) is 36.3 Å². The first-order valence-corrected chi connectivity index (χ1v) is 12.7. The van der Waals surface area contributed by atoms with Crippen LogP contribution in [0.3, 0.4) is 0 Å². The Kier molecular flexibility index (Phi) is 11.9. The van der Waals surface area contributed by atoms with Crippen molar-refractivity contribution in [3.8, 4) is 16.9 Å². The lowest BCUT2D eigenvalue weighted by Crippen LogP contribution is -2.04. The number of carbonyl (C=O) groups is 1. The fraction of sp³-hybridized carbons (Fsp3) is 0.552. The van der Waals surface area contributed by atoms with E-state index in [-0.39, 0.29) is 0 Å². The molecule has 0 saturated carbocycles. The Morgan fingerprint density at radius 1 is 0.844 bits per heavy atom. The molecule has 3 heteroatoms. The summed E-state index contributed by atoms with van der Waals surface area (Å²) in [4.78, 5) is 11.8. The zero-order chi connectivity index (χ0) is 23.2. The number of carboxylic acids is 1. The summed E-state index contributed by atoms with van der Waals surface area (Å²) >= 11 is 0. The quantitative estimate of drug-likeness (QED) is 0.266. The Morgan fingerprint density at radius 2 is 1.50 bits per heavy atom. The van der Waals surface area contributed by atoms with E-state index in [1.807, 2.05) is 18.2 Å². The number of unbranched alkanes of at least 4 members (excludes halogenated alkanes) is 8. The van der Waals surface area contributed by atoms with Gasteiger partial charge in [-0.15, -0.1) is 0 Å². The summed E-state index contributed by atoms with van der Waals surface area (Å²) in [6.45, 7) is 7.46. The van der Waals surface area contributed by atoms with Crippen molar-refractivity contribution in [2.75, 3.05) is 6.61 Å². The molecule has 0 aliphatic rings. The molecule has 0 aliphatic carbocycles. The van der Waals surface area contributed by atoms with E-state index >= 15 is 0 Å². The highest BCUT2D eigenvalue weighted by atomic mass is 16.5. The van der Waals surface area contributed by atoms with Gasteiger partial charge in [-0.05, 0) is 53.6 Å². The summed E-state index contributed by atoms with van der Waals surface area (Å²) in [5, 5.41) is 9.71. The molecule has 3 nitrogen and oxygen atoms in total. The molecule has 0 saturated heterocycles. The lowest BCUT2D eigenvalue weighted by atomic mass is 9.86. The summed E-state index contributed by atoms with van der Waals surface area (Å²) in [5.74, 6) is 0.359. The number of carboxylic acid groups (broad SMARTS) is 1. The first-order chi connectivity index (χ1) is 15.6. The zero-order valence-electron chi connectivity index (χ0n) is 20.4. The maximum Gasteiger partial charge on any atom is 0.336 e. The van der Waals surface area contributed by atoms with E-state index in [2.05, 4.69) is 32.9 Å². The van der Waals surface area contributed by atoms with Crippen LogP contribution in [0.5, 0.6) is 5.75 Å². The Bertz CT molecular complexity index is 812. The number of benzene rings is 2. The van der Waals surface area contributed by atoms with Crippen LogP contribution in [-0.4, -0.2) is 17.7 Å². The third-order valence-corrected chi connectivity index (χ3v) is 6.26. The lowest BCUT2D eigenvalue weighted by molar-refractivity contribution is 0.0697. The molecule has 0 aliphatic heterocycles. The fourth-order valence-corrected chi connectivity index (χ4v) is 4.29. The van der Waals surface area contributed by atoms with Gasteiger partial charge in [0, 0.05) is 0 Å². The van der Waals surface area contributed by atoms with Crippen molar-refractivity contribution >= 4 is 5.97 Å². The molecule has 1 atom stereocenters. The highest BCUT2D eigenvalue weighted by Gasteiger charge is 2.18. The van der Waals surface area contributed by atoms with Crippen LogP contribution < -0.4 is 4.74 Å². The third kappa shape index (κ3) is 8.33. The van der Waals surface area contributed by atoms with Gasteiger partial charge in [-0.2, -0.15) is 0 Å². The summed E-state index contributed by atoms with van der Waals surface area (Å²) in [5.41, 5.74) is 3.35. The van der Waals surface area contributed by atoms with Gasteiger partial charge in [0.1, 0.15) is 5.75 Å². The average molecular weight is 439 g/mol. The van der Waals surface area contributed by atoms with Gasteiger partial charge in [0.25, 0.3) is 0 Å². The molecule has 2 aromatic carbocycles. The Morgan fingerprint density at radius 3 is 2.22 bits per heavy atom. The minimum absolute atomic E-state index is 0.348. The van der Waals surface area contributed by atoms with Crippen molar-refractivity contribution in [2.24, 2.45) is 0 Å². The molecule has 32 heavy (non-hydrogen) atoms. The number of hydrogen-bond acceptors (Lipinski definition) is 2. The lowest BCUT2D eigenvalue weighted by Gasteiger charge is -2.20. The summed E-state index contributed by atoms with van der Waals surface area (Å²) in [7, 11) is 0. The standard InChI is InChI=1S/C29H42O3/c1-4-6-8-10-11-15-21-32-24-19-20-26(25-17-13-14-18-27(25)29(30)31)28(22-24)23(3)16-12-9-7-5-2/h13-14,17-20,22-23H,4-12,15-16,21H2,1-3H3,(H,30,31). The van der Waals surface area contributed by atoms with Crippen molar-refractivity contribution in [1.29, 1.82) is 0 Å². The predicted molar refractivity (Wildman–Crippen MR) is 135 cm³/mol. The van der Waals surface area contributed by atoms with Gasteiger partial charge in [-0.25, -0.2) is 4.79 Å². The van der Waals surface area contributed by atoms with Crippen molar-refractivity contribution in [1.82, 2.24) is 0 Å². The molecule has 176 valence electrons. The topological polar surface area (TPSA) is 46.5 Å². The molecule has 0 amide bonds. The van der Waals surface area contributed by atoms with Crippen LogP contribution in [0.4, 0.5) is 0 Å². The minimum atomic E-state index is -0.884. The van der Waals surface area contributed by atoms with Crippen molar-refractivity contribution < 1.29 is 14.6 Å². The van der Waals surface area contributed by atoms with E-state index in [0.29, 0.717) is 11.5 Å². The Labute approximate surface area is 195 Å². The first kappa shape index (κ1) is 26.0. The van der Waals surface area contributed by atoms with Crippen LogP contribution in [0, 0.1) is 0 Å². The Hall–Kier alpha value is -2.29. The molecule has 2 rings (SSSR count). The molecule has 0 radical (unpaired) electrons. The highest BCUT2D eigenvalue weighted by Crippen LogP contribution is 2.36. The molecule has 1 unspecified atom stereocenters. The van der Waals surface area contributed by atoms with E-state index in [4.69, 9.17) is 4.74 Å². The number of rotatable bonds is 16. The molecule has 0 aromatic heterocycles. The SMILES string of the molecule is CCCCCCCCOc1ccc(-c2ccccc2C(=O)O)c(C(C)CCCCCC)c1. The molecule has 0 fully saturated rings. The number of aromatic carboxylic acids is 1. The average Bonchev–Trinajstić information content (AvgIpc) is 2.81. The second-order valence-electron chi connectivity index (χ2n) is 8.97. The van der Waals surface area contributed by atoms with Gasteiger partial charge in [0.05, 0.1) is 12.2 Å². The molecule has 2 aromatic rings. The maximum absolute atomic E-state index is 11.8. The smallest absolute Gasteiger partial charge is 0.336 e. The molecule has 1 N–H and O–H groups in total. The molecular weight excluding hydrogens is 396 g/mol. The number of ether oxygens (including phenoxy) is 1. The van der Waals surface area contributed by atoms with Crippen LogP contribution in [0.1, 0.15) is 113 Å². The second kappa shape index (κ2) is 14.7. The Balaban J connectivity index is 2.17. The zero-order valence-corrected chi connectivity index (χ0v) is 20.4. The summed E-state index contributed by atoms with van der Waals surface area (Å²) in [6, 6.07) is 13.5. The second-order valence-corrected chi connectivity index (χ2v) is 8.97. The first-order valence-electron chi connectivity index (χ1n) is 12.7. The van der Waals surface area contributed by atoms with Gasteiger partial charge < -0.3 is 9.84 Å². The van der Waals surface area contributed by atoms with E-state index in [1.54, 1.807) is 12.1 Å². The molecule has 0 spiro atoms. The van der Waals surface area contributed by atoms with Gasteiger partial charge in [-0.1, -0.05) is 103 Å². The largest absolute Gasteiger partial charge is 0.494 e. The van der Waals surface area contributed by atoms with E-state index < -0.39 is 5.97 Å².